The minimum Gasteiger partial charge on any atom is -0.351 e. The molecule has 2 heterocycles. The summed E-state index contributed by atoms with van der Waals surface area (Å²) in [6, 6.07) is 0. The molecule has 2 atom stereocenters. The number of ether oxygens (including phenoxy) is 1. The molecule has 0 amide bonds. The van der Waals surface area contributed by atoms with E-state index in [1.54, 1.807) is 11.4 Å². The van der Waals surface area contributed by atoms with Gasteiger partial charge in [-0.25, -0.2) is 5.06 Å². The zero-order valence-corrected chi connectivity index (χ0v) is 6.14. The van der Waals surface area contributed by atoms with Crippen LogP contribution in [0.25, 0.3) is 0 Å². The first-order valence-electron chi connectivity index (χ1n) is 3.67. The van der Waals surface area contributed by atoms with Gasteiger partial charge < -0.3 is 10.5 Å². The van der Waals surface area contributed by atoms with Crippen molar-refractivity contribution in [3.63, 3.8) is 0 Å². The van der Waals surface area contributed by atoms with Gasteiger partial charge in [-0.05, 0) is 0 Å². The first-order chi connectivity index (χ1) is 5.36. The largest absolute Gasteiger partial charge is 0.351 e. The van der Waals surface area contributed by atoms with Gasteiger partial charge in [0.1, 0.15) is 25.3 Å². The molecule has 0 aromatic heterocycles. The number of nitrogens with two attached hydrogens (primary N) is 1. The maximum Gasteiger partial charge on any atom is 0.135 e. The molecule has 5 heteroatoms. The minimum absolute atomic E-state index is 0.0870. The Balaban J connectivity index is 1.63. The number of epoxide rings is 1. The van der Waals surface area contributed by atoms with Crippen molar-refractivity contribution in [3.8, 4) is 0 Å². The third-order valence-corrected chi connectivity index (χ3v) is 1.69. The topological polar surface area (TPSA) is 63.4 Å². The van der Waals surface area contributed by atoms with Crippen LogP contribution >= 0.6 is 0 Å². The molecular weight excluding hydrogens is 146 g/mol. The third kappa shape index (κ3) is 1.68. The van der Waals surface area contributed by atoms with E-state index < -0.39 is 0 Å². The summed E-state index contributed by atoms with van der Waals surface area (Å²) in [5.74, 6) is 0. The van der Waals surface area contributed by atoms with Crippen LogP contribution in [0, 0.1) is 0 Å². The SMILES string of the molecule is NC1OC1CON1C=NCC1. The Morgan fingerprint density at radius 2 is 2.64 bits per heavy atom. The van der Waals surface area contributed by atoms with E-state index in [1.807, 2.05) is 0 Å². The van der Waals surface area contributed by atoms with E-state index in [4.69, 9.17) is 15.3 Å². The lowest BCUT2D eigenvalue weighted by molar-refractivity contribution is -0.0918. The number of rotatable bonds is 3. The Hall–Kier alpha value is -0.650. The fourth-order valence-electron chi connectivity index (χ4n) is 0.921. The highest BCUT2D eigenvalue weighted by molar-refractivity contribution is 5.55. The Morgan fingerprint density at radius 1 is 1.82 bits per heavy atom. The number of nitrogens with zero attached hydrogens (tertiary/aromatic N) is 2. The van der Waals surface area contributed by atoms with Crippen LogP contribution in [-0.2, 0) is 9.57 Å². The second-order valence-electron chi connectivity index (χ2n) is 2.60. The number of hydrogen-bond acceptors (Lipinski definition) is 5. The van der Waals surface area contributed by atoms with Crippen LogP contribution in [0.1, 0.15) is 0 Å². The lowest BCUT2D eigenvalue weighted by Crippen LogP contribution is -2.23. The third-order valence-electron chi connectivity index (χ3n) is 1.69. The molecule has 1 fully saturated rings. The van der Waals surface area contributed by atoms with Crippen LogP contribution in [0.4, 0.5) is 0 Å². The van der Waals surface area contributed by atoms with Crippen molar-refractivity contribution in [3.05, 3.63) is 0 Å². The van der Waals surface area contributed by atoms with Gasteiger partial charge in [-0.3, -0.25) is 9.83 Å². The van der Waals surface area contributed by atoms with E-state index in [-0.39, 0.29) is 12.3 Å². The first kappa shape index (κ1) is 7.02. The van der Waals surface area contributed by atoms with Crippen molar-refractivity contribution in [2.24, 2.45) is 10.7 Å². The van der Waals surface area contributed by atoms with Gasteiger partial charge in [0.2, 0.25) is 0 Å². The molecule has 0 aromatic rings. The van der Waals surface area contributed by atoms with E-state index in [1.165, 1.54) is 0 Å². The van der Waals surface area contributed by atoms with Crippen LogP contribution in [0.15, 0.2) is 4.99 Å². The standard InChI is InChI=1S/C6H11N3O2/c7-6-5(11-6)3-10-9-2-1-8-4-9/h4-6H,1-3,7H2. The fraction of sp³-hybridized carbons (Fsp3) is 0.833. The van der Waals surface area contributed by atoms with E-state index in [0.717, 1.165) is 13.1 Å². The van der Waals surface area contributed by atoms with Crippen LogP contribution < -0.4 is 5.73 Å². The predicted molar refractivity (Wildman–Crippen MR) is 38.9 cm³/mol. The molecule has 2 unspecified atom stereocenters. The summed E-state index contributed by atoms with van der Waals surface area (Å²) < 4.78 is 4.96. The molecule has 2 rings (SSSR count). The highest BCUT2D eigenvalue weighted by atomic mass is 16.7. The summed E-state index contributed by atoms with van der Waals surface area (Å²) in [6.07, 6.45) is 1.66. The van der Waals surface area contributed by atoms with Gasteiger partial charge in [0.25, 0.3) is 0 Å². The van der Waals surface area contributed by atoms with Crippen molar-refractivity contribution in [2.45, 2.75) is 12.3 Å². The Morgan fingerprint density at radius 3 is 3.18 bits per heavy atom. The molecule has 2 aliphatic heterocycles. The molecule has 5 nitrogen and oxygen atoms in total. The Bertz CT molecular complexity index is 173. The molecule has 0 aromatic carbocycles. The van der Waals surface area contributed by atoms with Crippen molar-refractivity contribution in [1.82, 2.24) is 5.06 Å². The molecule has 1 saturated heterocycles. The van der Waals surface area contributed by atoms with Crippen molar-refractivity contribution in [2.75, 3.05) is 19.7 Å². The Kier molecular flexibility index (Phi) is 1.77. The molecule has 0 radical (unpaired) electrons. The summed E-state index contributed by atoms with van der Waals surface area (Å²) >= 11 is 0. The molecule has 11 heavy (non-hydrogen) atoms. The van der Waals surface area contributed by atoms with Gasteiger partial charge in [-0.1, -0.05) is 0 Å². The minimum atomic E-state index is -0.116. The lowest BCUT2D eigenvalue weighted by atomic mass is 10.5. The number of hydroxylamine groups is 2. The normalized spacial score (nSPS) is 34.8. The van der Waals surface area contributed by atoms with E-state index in [0.29, 0.717) is 6.61 Å². The molecule has 0 spiro atoms. The quantitative estimate of drug-likeness (QED) is 0.531. The fourth-order valence-corrected chi connectivity index (χ4v) is 0.921. The van der Waals surface area contributed by atoms with Crippen LogP contribution in [0.3, 0.4) is 0 Å². The highest BCUT2D eigenvalue weighted by Crippen LogP contribution is 2.16. The van der Waals surface area contributed by atoms with Gasteiger partial charge in [0, 0.05) is 0 Å². The molecule has 2 aliphatic rings. The molecular formula is C6H11N3O2. The molecule has 62 valence electrons. The van der Waals surface area contributed by atoms with Gasteiger partial charge >= 0.3 is 0 Å². The molecule has 0 saturated carbocycles. The number of aliphatic imine (C=N–C) groups is 1. The first-order valence-corrected chi connectivity index (χ1v) is 3.67. The maximum atomic E-state index is 5.40. The summed E-state index contributed by atoms with van der Waals surface area (Å²) in [4.78, 5) is 9.26. The molecule has 0 bridgehead atoms. The monoisotopic (exact) mass is 157 g/mol. The van der Waals surface area contributed by atoms with Crippen LogP contribution in [0.5, 0.6) is 0 Å². The second kappa shape index (κ2) is 2.77. The Labute approximate surface area is 64.7 Å². The van der Waals surface area contributed by atoms with Crippen LogP contribution in [-0.4, -0.2) is 43.4 Å². The lowest BCUT2D eigenvalue weighted by Gasteiger charge is -2.11. The van der Waals surface area contributed by atoms with Crippen molar-refractivity contribution in [1.29, 1.82) is 0 Å². The van der Waals surface area contributed by atoms with E-state index in [9.17, 15) is 0 Å². The molecule has 2 N–H and O–H groups in total. The van der Waals surface area contributed by atoms with Gasteiger partial charge in [0.15, 0.2) is 0 Å². The zero-order valence-electron chi connectivity index (χ0n) is 6.14. The van der Waals surface area contributed by atoms with Crippen LogP contribution in [0.2, 0.25) is 0 Å². The summed E-state index contributed by atoms with van der Waals surface area (Å²) in [5.41, 5.74) is 5.40. The maximum absolute atomic E-state index is 5.40. The predicted octanol–water partition coefficient (Wildman–Crippen LogP) is -1.05. The van der Waals surface area contributed by atoms with Gasteiger partial charge in [-0.2, -0.15) is 0 Å². The smallest absolute Gasteiger partial charge is 0.135 e. The number of hydrogen-bond donors (Lipinski definition) is 1. The summed E-state index contributed by atoms with van der Waals surface area (Å²) in [7, 11) is 0. The van der Waals surface area contributed by atoms with Gasteiger partial charge in [-0.15, -0.1) is 0 Å². The van der Waals surface area contributed by atoms with Crippen molar-refractivity contribution >= 4 is 6.34 Å². The van der Waals surface area contributed by atoms with Crippen molar-refractivity contribution < 1.29 is 9.57 Å². The average molecular weight is 157 g/mol. The average Bonchev–Trinajstić information content (AvgIpc) is 2.55. The van der Waals surface area contributed by atoms with E-state index >= 15 is 0 Å². The van der Waals surface area contributed by atoms with Gasteiger partial charge in [0.05, 0.1) is 13.1 Å². The highest BCUT2D eigenvalue weighted by Gasteiger charge is 2.35. The summed E-state index contributed by atoms with van der Waals surface area (Å²) in [6.45, 7) is 2.19. The van der Waals surface area contributed by atoms with E-state index in [2.05, 4.69) is 4.99 Å². The summed E-state index contributed by atoms with van der Waals surface area (Å²) in [5, 5.41) is 1.70. The zero-order chi connectivity index (χ0) is 7.68. The second-order valence-corrected chi connectivity index (χ2v) is 2.60. The molecule has 0 aliphatic carbocycles.